The molecule has 33 heavy (non-hydrogen) atoms. The highest BCUT2D eigenvalue weighted by atomic mass is 35.5. The number of furan rings is 1. The third kappa shape index (κ3) is 3.92. The molecule has 0 bridgehead atoms. The van der Waals surface area contributed by atoms with Crippen molar-refractivity contribution in [1.82, 2.24) is 14.8 Å². The molecule has 2 amide bonds. The Balaban J connectivity index is 1.44. The molecule has 0 saturated heterocycles. The smallest absolute Gasteiger partial charge is 0.270 e. The maximum Gasteiger partial charge on any atom is 0.270 e. The first kappa shape index (κ1) is 21.4. The zero-order valence-electron chi connectivity index (χ0n) is 17.0. The van der Waals surface area contributed by atoms with Gasteiger partial charge in [0.05, 0.1) is 22.4 Å². The Hall–Kier alpha value is -3.47. The van der Waals surface area contributed by atoms with Crippen molar-refractivity contribution < 1.29 is 22.4 Å². The number of hydrogen-bond acceptors (Lipinski definition) is 6. The van der Waals surface area contributed by atoms with E-state index in [1.54, 1.807) is 42.5 Å². The third-order valence-electron chi connectivity index (χ3n) is 5.39. The van der Waals surface area contributed by atoms with Gasteiger partial charge in [0.1, 0.15) is 18.3 Å². The van der Waals surface area contributed by atoms with Gasteiger partial charge in [0.25, 0.3) is 21.8 Å². The minimum absolute atomic E-state index is 0.00147. The summed E-state index contributed by atoms with van der Waals surface area (Å²) in [4.78, 5) is 28.1. The lowest BCUT2D eigenvalue weighted by Gasteiger charge is -2.29. The Morgan fingerprint density at radius 3 is 2.61 bits per heavy atom. The quantitative estimate of drug-likeness (QED) is 0.611. The molecule has 1 aromatic heterocycles. The summed E-state index contributed by atoms with van der Waals surface area (Å²) < 4.78 is 30.6. The van der Waals surface area contributed by atoms with Gasteiger partial charge in [-0.3, -0.25) is 14.6 Å². The van der Waals surface area contributed by atoms with Crippen LogP contribution in [0.2, 0.25) is 5.02 Å². The van der Waals surface area contributed by atoms with Crippen molar-refractivity contribution in [2.75, 3.05) is 6.54 Å². The monoisotopic (exact) mass is 484 g/mol. The van der Waals surface area contributed by atoms with E-state index in [1.165, 1.54) is 29.5 Å². The Kier molecular flexibility index (Phi) is 5.28. The topological polar surface area (TPSA) is 112 Å². The fourth-order valence-electron chi connectivity index (χ4n) is 3.83. The van der Waals surface area contributed by atoms with Crippen molar-refractivity contribution in [2.45, 2.75) is 17.4 Å². The lowest BCUT2D eigenvalue weighted by molar-refractivity contribution is -0.134. The lowest BCUT2D eigenvalue weighted by Crippen LogP contribution is -2.53. The molecule has 2 aliphatic rings. The first-order valence-corrected chi connectivity index (χ1v) is 11.8. The molecule has 168 valence electrons. The molecular formula is C22H17ClN4O5S. The van der Waals surface area contributed by atoms with Gasteiger partial charge in [0, 0.05) is 11.4 Å². The van der Waals surface area contributed by atoms with Crippen molar-refractivity contribution in [1.29, 1.82) is 0 Å². The van der Waals surface area contributed by atoms with Crippen LogP contribution < -0.4 is 4.83 Å². The highest BCUT2D eigenvalue weighted by Crippen LogP contribution is 2.33. The molecule has 1 unspecified atom stereocenters. The van der Waals surface area contributed by atoms with Gasteiger partial charge in [0.2, 0.25) is 0 Å². The number of carbonyl (C=O) groups is 2. The van der Waals surface area contributed by atoms with E-state index >= 15 is 0 Å². The Bertz CT molecular complexity index is 1370. The molecule has 0 radical (unpaired) electrons. The van der Waals surface area contributed by atoms with Crippen LogP contribution in [-0.2, 0) is 14.8 Å². The van der Waals surface area contributed by atoms with Crippen LogP contribution in [-0.4, -0.2) is 42.5 Å². The summed E-state index contributed by atoms with van der Waals surface area (Å²) in [5.41, 5.74) is 1.42. The van der Waals surface area contributed by atoms with E-state index in [-0.39, 0.29) is 10.5 Å². The van der Waals surface area contributed by atoms with Crippen molar-refractivity contribution in [2.24, 2.45) is 5.10 Å². The summed E-state index contributed by atoms with van der Waals surface area (Å²) in [5, 5.41) is 7.07. The highest BCUT2D eigenvalue weighted by Gasteiger charge is 2.39. The number of hydrazone groups is 1. The van der Waals surface area contributed by atoms with Crippen LogP contribution in [0.1, 0.15) is 34.1 Å². The minimum Gasteiger partial charge on any atom is -0.467 e. The van der Waals surface area contributed by atoms with Crippen molar-refractivity contribution in [3.8, 4) is 0 Å². The fourth-order valence-corrected chi connectivity index (χ4v) is 5.19. The van der Waals surface area contributed by atoms with Crippen LogP contribution >= 0.6 is 11.6 Å². The summed E-state index contributed by atoms with van der Waals surface area (Å²) in [6.07, 6.45) is 1.88. The van der Waals surface area contributed by atoms with E-state index in [4.69, 9.17) is 16.0 Å². The first-order chi connectivity index (χ1) is 15.8. The number of benzene rings is 2. The van der Waals surface area contributed by atoms with Crippen molar-refractivity contribution >= 4 is 39.2 Å². The molecule has 2 aromatic carbocycles. The Labute approximate surface area is 194 Å². The van der Waals surface area contributed by atoms with Gasteiger partial charge in [-0.15, -0.1) is 4.83 Å². The van der Waals surface area contributed by atoms with Crippen LogP contribution in [0.25, 0.3) is 0 Å². The Morgan fingerprint density at radius 2 is 1.88 bits per heavy atom. The fraction of sp³-hybridized carbons (Fsp3) is 0.136. The summed E-state index contributed by atoms with van der Waals surface area (Å²) >= 11 is 5.98. The molecule has 0 aliphatic carbocycles. The van der Waals surface area contributed by atoms with E-state index in [9.17, 15) is 18.0 Å². The summed E-state index contributed by atoms with van der Waals surface area (Å²) in [6.45, 7) is -0.541. The highest BCUT2D eigenvalue weighted by molar-refractivity contribution is 7.89. The molecule has 1 atom stereocenters. The maximum atomic E-state index is 13.2. The largest absolute Gasteiger partial charge is 0.467 e. The number of halogens is 1. The molecule has 5 rings (SSSR count). The average Bonchev–Trinajstić information content (AvgIpc) is 3.48. The van der Waals surface area contributed by atoms with Gasteiger partial charge in [-0.1, -0.05) is 35.9 Å². The molecule has 0 spiro atoms. The van der Waals surface area contributed by atoms with Crippen LogP contribution in [0.15, 0.2) is 81.3 Å². The molecule has 9 nitrogen and oxygen atoms in total. The van der Waals surface area contributed by atoms with Gasteiger partial charge < -0.3 is 4.42 Å². The van der Waals surface area contributed by atoms with Crippen LogP contribution in [0.5, 0.6) is 0 Å². The predicted molar refractivity (Wildman–Crippen MR) is 119 cm³/mol. The predicted octanol–water partition coefficient (Wildman–Crippen LogP) is 2.96. The van der Waals surface area contributed by atoms with Crippen LogP contribution in [0, 0.1) is 0 Å². The van der Waals surface area contributed by atoms with E-state index in [2.05, 4.69) is 9.93 Å². The van der Waals surface area contributed by atoms with Crippen molar-refractivity contribution in [3.63, 3.8) is 0 Å². The number of hydrogen-bond donors (Lipinski definition) is 1. The summed E-state index contributed by atoms with van der Waals surface area (Å²) in [5.74, 6) is -0.674. The molecule has 2 aliphatic heterocycles. The number of fused-ring (bicyclic) bond motifs is 1. The number of nitrogens with zero attached hydrogens (tertiary/aromatic N) is 3. The SMILES string of the molecule is O=C1c2ccccc2S(=O)(=O)NN1CC(=O)N1N=C(c2ccc(Cl)cc2)CC1c1ccco1. The lowest BCUT2D eigenvalue weighted by atomic mass is 10.0. The number of carbonyl (C=O) groups excluding carboxylic acids is 2. The zero-order valence-corrected chi connectivity index (χ0v) is 18.6. The zero-order chi connectivity index (χ0) is 23.2. The molecule has 3 heterocycles. The van der Waals surface area contributed by atoms with E-state index in [0.29, 0.717) is 22.9 Å². The second-order valence-electron chi connectivity index (χ2n) is 7.51. The average molecular weight is 485 g/mol. The standard InChI is InChI=1S/C22H17ClN4O5S/c23-15-9-7-14(8-10-15)17-12-18(19-5-3-11-32-19)27(24-17)21(28)13-26-22(29)16-4-1-2-6-20(16)33(30,31)25-26/h1-11,18,25H,12-13H2. The van der Waals surface area contributed by atoms with Crippen LogP contribution in [0.3, 0.4) is 0 Å². The number of nitrogens with one attached hydrogen (secondary N) is 1. The van der Waals surface area contributed by atoms with E-state index < -0.39 is 34.4 Å². The van der Waals surface area contributed by atoms with Gasteiger partial charge in [-0.05, 0) is 42.0 Å². The van der Waals surface area contributed by atoms with Gasteiger partial charge >= 0.3 is 0 Å². The van der Waals surface area contributed by atoms with E-state index in [1.807, 2.05) is 0 Å². The second kappa shape index (κ2) is 8.14. The number of amides is 2. The molecule has 3 aromatic rings. The Morgan fingerprint density at radius 1 is 1.12 bits per heavy atom. The van der Waals surface area contributed by atoms with Gasteiger partial charge in [-0.2, -0.15) is 5.10 Å². The molecule has 0 fully saturated rings. The summed E-state index contributed by atoms with van der Waals surface area (Å²) in [6, 6.07) is 15.8. The second-order valence-corrected chi connectivity index (χ2v) is 9.58. The summed E-state index contributed by atoms with van der Waals surface area (Å²) in [7, 11) is -3.99. The third-order valence-corrected chi connectivity index (χ3v) is 7.04. The first-order valence-electron chi connectivity index (χ1n) is 9.96. The number of sulfonamides is 1. The molecular weight excluding hydrogens is 468 g/mol. The van der Waals surface area contributed by atoms with E-state index in [0.717, 1.165) is 10.6 Å². The maximum absolute atomic E-state index is 13.2. The molecule has 11 heteroatoms. The number of rotatable bonds is 4. The van der Waals surface area contributed by atoms with Gasteiger partial charge in [0.15, 0.2) is 0 Å². The van der Waals surface area contributed by atoms with Crippen LogP contribution in [0.4, 0.5) is 0 Å². The van der Waals surface area contributed by atoms with Crippen molar-refractivity contribution in [3.05, 3.63) is 88.8 Å². The minimum atomic E-state index is -3.99. The molecule has 0 saturated carbocycles. The number of hydrazine groups is 1. The van der Waals surface area contributed by atoms with Gasteiger partial charge in [-0.25, -0.2) is 13.4 Å². The molecule has 1 N–H and O–H groups in total. The normalized spacial score (nSPS) is 19.4.